The number of aromatic nitrogens is 2. The van der Waals surface area contributed by atoms with E-state index in [9.17, 15) is 4.79 Å². The molecule has 0 aliphatic carbocycles. The maximum Gasteiger partial charge on any atom is 0.322 e. The molecule has 0 unspecified atom stereocenters. The van der Waals surface area contributed by atoms with Gasteiger partial charge in [0.05, 0.1) is 23.4 Å². The molecular weight excluding hydrogens is 326 g/mol. The molecule has 2 aromatic carbocycles. The molecule has 2 heterocycles. The quantitative estimate of drug-likeness (QED) is 0.738. The molecule has 26 heavy (non-hydrogen) atoms. The minimum absolute atomic E-state index is 0.0235. The Morgan fingerprint density at radius 3 is 2.65 bits per heavy atom. The van der Waals surface area contributed by atoms with E-state index in [1.54, 1.807) is 6.33 Å². The Morgan fingerprint density at radius 1 is 1.15 bits per heavy atom. The van der Waals surface area contributed by atoms with E-state index in [0.29, 0.717) is 6.54 Å². The molecule has 0 saturated carbocycles. The summed E-state index contributed by atoms with van der Waals surface area (Å²) in [5, 5.41) is 2.97. The lowest BCUT2D eigenvalue weighted by atomic mass is 10.0. The molecule has 0 radical (unpaired) electrons. The summed E-state index contributed by atoms with van der Waals surface area (Å²) < 4.78 is 0. The van der Waals surface area contributed by atoms with Crippen LogP contribution in [0.4, 0.5) is 16.2 Å². The van der Waals surface area contributed by atoms with Crippen molar-refractivity contribution in [2.24, 2.45) is 0 Å². The maximum atomic E-state index is 12.5. The summed E-state index contributed by atoms with van der Waals surface area (Å²) in [5.74, 6) is 0. The molecule has 2 amide bonds. The van der Waals surface area contributed by atoms with Crippen molar-refractivity contribution in [2.75, 3.05) is 29.4 Å². The van der Waals surface area contributed by atoms with E-state index in [1.807, 2.05) is 23.1 Å². The molecule has 1 aliphatic heterocycles. The van der Waals surface area contributed by atoms with E-state index in [-0.39, 0.29) is 12.1 Å². The summed E-state index contributed by atoms with van der Waals surface area (Å²) in [4.78, 5) is 24.0. The lowest BCUT2D eigenvalue weighted by Gasteiger charge is -2.25. The van der Waals surface area contributed by atoms with Crippen molar-refractivity contribution in [2.45, 2.75) is 19.9 Å². The molecule has 1 saturated heterocycles. The molecule has 4 rings (SSSR count). The van der Waals surface area contributed by atoms with Gasteiger partial charge >= 0.3 is 6.03 Å². The molecule has 0 spiro atoms. The molecular formula is C20H23N5O. The number of fused-ring (bicyclic) bond motifs is 1. The van der Waals surface area contributed by atoms with Crippen LogP contribution in [0.25, 0.3) is 11.0 Å². The van der Waals surface area contributed by atoms with Gasteiger partial charge in [0.2, 0.25) is 0 Å². The number of hydrogen-bond donors (Lipinski definition) is 2. The Labute approximate surface area is 152 Å². The van der Waals surface area contributed by atoms with E-state index < -0.39 is 0 Å². The average Bonchev–Trinajstić information content (AvgIpc) is 3.29. The number of nitrogens with one attached hydrogen (secondary N) is 2. The lowest BCUT2D eigenvalue weighted by Crippen LogP contribution is -2.29. The zero-order valence-corrected chi connectivity index (χ0v) is 15.1. The van der Waals surface area contributed by atoms with Crippen LogP contribution in [0.3, 0.4) is 0 Å². The van der Waals surface area contributed by atoms with Crippen molar-refractivity contribution in [1.29, 1.82) is 0 Å². The first-order valence-electron chi connectivity index (χ1n) is 9.06. The zero-order chi connectivity index (χ0) is 18.1. The van der Waals surface area contributed by atoms with Gasteiger partial charge in [0.25, 0.3) is 0 Å². The number of imidazole rings is 1. The minimum Gasteiger partial charge on any atom is -0.372 e. The predicted molar refractivity (Wildman–Crippen MR) is 105 cm³/mol. The van der Waals surface area contributed by atoms with Crippen molar-refractivity contribution in [3.8, 4) is 0 Å². The Bertz CT molecular complexity index is 913. The number of aromatic amines is 1. The highest BCUT2D eigenvalue weighted by atomic mass is 16.2. The Balaban J connectivity index is 1.65. The van der Waals surface area contributed by atoms with Crippen LogP contribution in [0, 0.1) is 0 Å². The van der Waals surface area contributed by atoms with Gasteiger partial charge in [-0.2, -0.15) is 0 Å². The number of H-pyrrole nitrogens is 1. The fourth-order valence-electron chi connectivity index (χ4n) is 3.63. The molecule has 2 N–H and O–H groups in total. The number of anilines is 2. The topological polar surface area (TPSA) is 64.3 Å². The SMILES string of the molecule is CCN(CC)c1ccc([C@H]2CNC(=O)N2c2ccc3[nH]cnc3c2)cc1. The number of carbonyl (C=O) groups excluding carboxylic acids is 1. The number of benzene rings is 2. The lowest BCUT2D eigenvalue weighted by molar-refractivity contribution is 0.251. The van der Waals surface area contributed by atoms with Gasteiger partial charge in [-0.25, -0.2) is 9.78 Å². The monoisotopic (exact) mass is 349 g/mol. The smallest absolute Gasteiger partial charge is 0.322 e. The fourth-order valence-corrected chi connectivity index (χ4v) is 3.63. The Kier molecular flexibility index (Phi) is 4.24. The fraction of sp³-hybridized carbons (Fsp3) is 0.300. The van der Waals surface area contributed by atoms with Crippen molar-refractivity contribution < 1.29 is 4.79 Å². The third-order valence-corrected chi connectivity index (χ3v) is 5.07. The van der Waals surface area contributed by atoms with Crippen LogP contribution >= 0.6 is 0 Å². The molecule has 1 aromatic heterocycles. The molecule has 0 bridgehead atoms. The van der Waals surface area contributed by atoms with Crippen molar-refractivity contribution >= 4 is 28.4 Å². The summed E-state index contributed by atoms with van der Waals surface area (Å²) in [6, 6.07) is 14.3. The van der Waals surface area contributed by atoms with Crippen LogP contribution in [0.15, 0.2) is 48.8 Å². The minimum atomic E-state index is -0.0716. The third kappa shape index (κ3) is 2.77. The van der Waals surface area contributed by atoms with E-state index >= 15 is 0 Å². The number of nitrogens with zero attached hydrogens (tertiary/aromatic N) is 3. The Hall–Kier alpha value is -3.02. The molecule has 6 heteroatoms. The first kappa shape index (κ1) is 16.4. The molecule has 1 atom stereocenters. The van der Waals surface area contributed by atoms with Gasteiger partial charge in [0.15, 0.2) is 0 Å². The van der Waals surface area contributed by atoms with Crippen molar-refractivity contribution in [1.82, 2.24) is 15.3 Å². The van der Waals surface area contributed by atoms with Crippen LogP contribution < -0.4 is 15.1 Å². The van der Waals surface area contributed by atoms with Gasteiger partial charge in [-0.3, -0.25) is 4.90 Å². The van der Waals surface area contributed by atoms with Crippen molar-refractivity contribution in [3.05, 3.63) is 54.4 Å². The van der Waals surface area contributed by atoms with Crippen LogP contribution in [0.5, 0.6) is 0 Å². The van der Waals surface area contributed by atoms with Crippen molar-refractivity contribution in [3.63, 3.8) is 0 Å². The van der Waals surface area contributed by atoms with E-state index in [4.69, 9.17) is 0 Å². The van der Waals surface area contributed by atoms with Gasteiger partial charge in [-0.05, 0) is 49.7 Å². The highest BCUT2D eigenvalue weighted by molar-refractivity contribution is 5.97. The highest BCUT2D eigenvalue weighted by Crippen LogP contribution is 2.32. The number of rotatable bonds is 5. The molecule has 3 aromatic rings. The standard InChI is InChI=1S/C20H23N5O/c1-3-24(4-2)15-7-5-14(6-8-15)19-12-21-20(26)25(19)16-9-10-17-18(11-16)23-13-22-17/h5-11,13,19H,3-4,12H2,1-2H3,(H,21,26)(H,22,23)/t19-/m1/s1. The van der Waals surface area contributed by atoms with Gasteiger partial charge in [0.1, 0.15) is 0 Å². The number of hydrogen-bond acceptors (Lipinski definition) is 3. The highest BCUT2D eigenvalue weighted by Gasteiger charge is 2.33. The zero-order valence-electron chi connectivity index (χ0n) is 15.1. The summed E-state index contributed by atoms with van der Waals surface area (Å²) in [6.07, 6.45) is 1.67. The largest absolute Gasteiger partial charge is 0.372 e. The predicted octanol–water partition coefficient (Wildman–Crippen LogP) is 3.68. The molecule has 1 aliphatic rings. The summed E-state index contributed by atoms with van der Waals surface area (Å²) >= 11 is 0. The molecule has 6 nitrogen and oxygen atoms in total. The van der Waals surface area contributed by atoms with E-state index in [2.05, 4.69) is 58.3 Å². The van der Waals surface area contributed by atoms with E-state index in [1.165, 1.54) is 5.69 Å². The maximum absolute atomic E-state index is 12.5. The molecule has 134 valence electrons. The summed E-state index contributed by atoms with van der Waals surface area (Å²) in [6.45, 7) is 6.88. The first-order valence-corrected chi connectivity index (χ1v) is 9.06. The number of urea groups is 1. The molecule has 1 fully saturated rings. The number of carbonyl (C=O) groups is 1. The normalized spacial score (nSPS) is 16.9. The second-order valence-electron chi connectivity index (χ2n) is 6.44. The average molecular weight is 349 g/mol. The van der Waals surface area contributed by atoms with Gasteiger partial charge in [0, 0.05) is 31.0 Å². The van der Waals surface area contributed by atoms with Crippen LogP contribution in [0.1, 0.15) is 25.5 Å². The van der Waals surface area contributed by atoms with Gasteiger partial charge in [-0.15, -0.1) is 0 Å². The van der Waals surface area contributed by atoms with Gasteiger partial charge < -0.3 is 15.2 Å². The second kappa shape index (κ2) is 6.71. The Morgan fingerprint density at radius 2 is 1.92 bits per heavy atom. The van der Waals surface area contributed by atoms with Gasteiger partial charge in [-0.1, -0.05) is 12.1 Å². The first-order chi connectivity index (χ1) is 12.7. The third-order valence-electron chi connectivity index (χ3n) is 5.07. The van der Waals surface area contributed by atoms with Crippen LogP contribution in [-0.4, -0.2) is 35.6 Å². The number of amides is 2. The second-order valence-corrected chi connectivity index (χ2v) is 6.44. The van der Waals surface area contributed by atoms with E-state index in [0.717, 1.165) is 35.4 Å². The summed E-state index contributed by atoms with van der Waals surface area (Å²) in [5.41, 5.74) is 5.02. The van der Waals surface area contributed by atoms with Crippen LogP contribution in [0.2, 0.25) is 0 Å². The van der Waals surface area contributed by atoms with Crippen LogP contribution in [-0.2, 0) is 0 Å². The summed E-state index contributed by atoms with van der Waals surface area (Å²) in [7, 11) is 0.